The average Bonchev–Trinajstić information content (AvgIpc) is 2.57. The van der Waals surface area contributed by atoms with E-state index in [2.05, 4.69) is 0 Å². The van der Waals surface area contributed by atoms with Crippen LogP contribution in [0.5, 0.6) is 0 Å². The summed E-state index contributed by atoms with van der Waals surface area (Å²) < 4.78 is 10.4. The highest BCUT2D eigenvalue weighted by Crippen LogP contribution is 2.20. The molecule has 0 aliphatic carbocycles. The molecule has 0 aromatic heterocycles. The maximum atomic E-state index is 12.8. The van der Waals surface area contributed by atoms with Gasteiger partial charge in [0.1, 0.15) is 18.9 Å². The molecule has 0 bridgehead atoms. The number of hydrogen-bond acceptors (Lipinski definition) is 6. The van der Waals surface area contributed by atoms with Gasteiger partial charge in [0.2, 0.25) is 17.7 Å². The second-order valence-electron chi connectivity index (χ2n) is 6.89. The molecule has 0 spiro atoms. The van der Waals surface area contributed by atoms with Crippen molar-refractivity contribution in [1.29, 1.82) is 0 Å². The molecule has 0 aromatic rings. The Hall–Kier alpha value is -1.71. The van der Waals surface area contributed by atoms with E-state index in [1.54, 1.807) is 13.8 Å². The van der Waals surface area contributed by atoms with Crippen LogP contribution in [0.15, 0.2) is 0 Å². The maximum absolute atomic E-state index is 12.8. The van der Waals surface area contributed by atoms with E-state index in [4.69, 9.17) is 20.9 Å². The predicted molar refractivity (Wildman–Crippen MR) is 97.9 cm³/mol. The monoisotopic (exact) mass is 374 g/mol. The van der Waals surface area contributed by atoms with Crippen molar-refractivity contribution in [3.8, 4) is 0 Å². The summed E-state index contributed by atoms with van der Waals surface area (Å²) in [6.45, 7) is 5.43. The number of methoxy groups -OCH3 is 1. The maximum Gasteiger partial charge on any atom is 0.247 e. The zero-order valence-corrected chi connectivity index (χ0v) is 16.8. The summed E-state index contributed by atoms with van der Waals surface area (Å²) in [4.78, 5) is 39.5. The minimum Gasteiger partial charge on any atom is -0.368 e. The zero-order chi connectivity index (χ0) is 20.5. The van der Waals surface area contributed by atoms with Gasteiger partial charge in [-0.2, -0.15) is 0 Å². The molecule has 0 radical (unpaired) electrons. The normalized spacial score (nSPS) is 13.8. The molecule has 0 rings (SSSR count). The molecule has 0 aliphatic heterocycles. The topological polar surface area (TPSA) is 128 Å². The number of rotatable bonds is 12. The first kappa shape index (κ1) is 24.3. The van der Waals surface area contributed by atoms with Crippen LogP contribution in [0, 0.1) is 0 Å². The van der Waals surface area contributed by atoms with Gasteiger partial charge in [0.05, 0.1) is 5.60 Å². The number of amides is 3. The summed E-state index contributed by atoms with van der Waals surface area (Å²) in [5, 5.41) is 0. The van der Waals surface area contributed by atoms with Gasteiger partial charge in [-0.3, -0.25) is 14.4 Å². The van der Waals surface area contributed by atoms with Crippen LogP contribution in [0.25, 0.3) is 0 Å². The number of nitrogens with two attached hydrogens (primary N) is 2. The quantitative estimate of drug-likeness (QED) is 0.450. The molecular formula is C17H34N4O5. The molecular weight excluding hydrogens is 340 g/mol. The molecule has 4 N–H and O–H groups in total. The molecule has 2 atom stereocenters. The molecule has 0 saturated heterocycles. The summed E-state index contributed by atoms with van der Waals surface area (Å²) >= 11 is 0. The summed E-state index contributed by atoms with van der Waals surface area (Å²) in [5.74, 6) is -1.27. The lowest BCUT2D eigenvalue weighted by atomic mass is 9.96. The zero-order valence-electron chi connectivity index (χ0n) is 16.8. The van der Waals surface area contributed by atoms with Crippen molar-refractivity contribution >= 4 is 17.7 Å². The van der Waals surface area contributed by atoms with E-state index >= 15 is 0 Å². The molecule has 152 valence electrons. The highest BCUT2D eigenvalue weighted by molar-refractivity contribution is 5.91. The molecule has 26 heavy (non-hydrogen) atoms. The Bertz CT molecular complexity index is 484. The molecule has 0 heterocycles. The van der Waals surface area contributed by atoms with Crippen molar-refractivity contribution in [3.05, 3.63) is 0 Å². The highest BCUT2D eigenvalue weighted by atomic mass is 16.7. The first-order valence-electron chi connectivity index (χ1n) is 8.67. The van der Waals surface area contributed by atoms with Crippen LogP contribution in [-0.2, 0) is 23.9 Å². The van der Waals surface area contributed by atoms with Crippen LogP contribution in [0.3, 0.4) is 0 Å². The summed E-state index contributed by atoms with van der Waals surface area (Å²) in [6.07, 6.45) is 1.17. The van der Waals surface area contributed by atoms with Crippen molar-refractivity contribution in [2.75, 3.05) is 34.5 Å². The Morgan fingerprint density at radius 3 is 2.12 bits per heavy atom. The standard InChI is InChI=1S/C17H34N4O5/c1-7-8-14(22)20(4)13(10-18)16(24)21(5)12(15(19)23)9-17(2,3)26-11-25-6/h12-13H,7-11,18H2,1-6H3,(H2,19,23)/t12-,13+/m0/s1. The third kappa shape index (κ3) is 7.27. The molecule has 0 aliphatic rings. The van der Waals surface area contributed by atoms with E-state index in [0.717, 1.165) is 0 Å². The van der Waals surface area contributed by atoms with Gasteiger partial charge < -0.3 is 30.7 Å². The van der Waals surface area contributed by atoms with Gasteiger partial charge in [-0.25, -0.2) is 0 Å². The average molecular weight is 374 g/mol. The van der Waals surface area contributed by atoms with Crippen LogP contribution >= 0.6 is 0 Å². The minimum atomic E-state index is -0.905. The van der Waals surface area contributed by atoms with Crippen LogP contribution in [0.2, 0.25) is 0 Å². The lowest BCUT2D eigenvalue weighted by Crippen LogP contribution is -2.57. The fraction of sp³-hybridized carbons (Fsp3) is 0.824. The van der Waals surface area contributed by atoms with Crippen molar-refractivity contribution in [1.82, 2.24) is 9.80 Å². The van der Waals surface area contributed by atoms with Crippen molar-refractivity contribution in [2.45, 2.75) is 57.7 Å². The Labute approximate surface area is 155 Å². The number of carbonyl (C=O) groups excluding carboxylic acids is 3. The van der Waals surface area contributed by atoms with Gasteiger partial charge in [-0.15, -0.1) is 0 Å². The van der Waals surface area contributed by atoms with Gasteiger partial charge in [-0.05, 0) is 20.3 Å². The predicted octanol–water partition coefficient (Wildman–Crippen LogP) is -0.326. The van der Waals surface area contributed by atoms with E-state index in [-0.39, 0.29) is 25.7 Å². The lowest BCUT2D eigenvalue weighted by Gasteiger charge is -2.36. The Kier molecular flexibility index (Phi) is 10.4. The van der Waals surface area contributed by atoms with E-state index in [1.807, 2.05) is 6.92 Å². The molecule has 3 amide bonds. The number of likely N-dealkylation sites (N-methyl/N-ethyl adjacent to an activating group) is 2. The van der Waals surface area contributed by atoms with Gasteiger partial charge >= 0.3 is 0 Å². The van der Waals surface area contributed by atoms with E-state index in [9.17, 15) is 14.4 Å². The Balaban J connectivity index is 5.31. The Morgan fingerprint density at radius 1 is 1.12 bits per heavy atom. The van der Waals surface area contributed by atoms with Gasteiger partial charge in [0.15, 0.2) is 0 Å². The molecule has 0 aromatic carbocycles. The number of ether oxygens (including phenoxy) is 2. The van der Waals surface area contributed by atoms with Crippen molar-refractivity contribution < 1.29 is 23.9 Å². The van der Waals surface area contributed by atoms with Crippen LogP contribution in [0.1, 0.15) is 40.0 Å². The molecule has 0 fully saturated rings. The second-order valence-corrected chi connectivity index (χ2v) is 6.89. The largest absolute Gasteiger partial charge is 0.368 e. The van der Waals surface area contributed by atoms with Crippen LogP contribution < -0.4 is 11.5 Å². The third-order valence-electron chi connectivity index (χ3n) is 4.23. The summed E-state index contributed by atoms with van der Waals surface area (Å²) in [7, 11) is 4.50. The number of nitrogens with zero attached hydrogens (tertiary/aromatic N) is 2. The van der Waals surface area contributed by atoms with E-state index < -0.39 is 29.5 Å². The van der Waals surface area contributed by atoms with Gasteiger partial charge in [-0.1, -0.05) is 6.92 Å². The SMILES string of the molecule is CCCC(=O)N(C)[C@H](CN)C(=O)N(C)[C@@H](CC(C)(C)OCOC)C(N)=O. The fourth-order valence-electron chi connectivity index (χ4n) is 2.55. The van der Waals surface area contributed by atoms with Gasteiger partial charge in [0, 0.05) is 40.6 Å². The van der Waals surface area contributed by atoms with Crippen LogP contribution in [-0.4, -0.2) is 79.7 Å². The van der Waals surface area contributed by atoms with Crippen molar-refractivity contribution in [2.24, 2.45) is 11.5 Å². The second kappa shape index (κ2) is 11.1. The molecule has 9 heteroatoms. The van der Waals surface area contributed by atoms with Crippen LogP contribution in [0.4, 0.5) is 0 Å². The fourth-order valence-corrected chi connectivity index (χ4v) is 2.55. The van der Waals surface area contributed by atoms with Crippen molar-refractivity contribution in [3.63, 3.8) is 0 Å². The smallest absolute Gasteiger partial charge is 0.247 e. The van der Waals surface area contributed by atoms with E-state index in [0.29, 0.717) is 12.8 Å². The number of carbonyl (C=O) groups is 3. The van der Waals surface area contributed by atoms with E-state index in [1.165, 1.54) is 31.0 Å². The summed E-state index contributed by atoms with van der Waals surface area (Å²) in [6, 6.07) is -1.76. The number of primary amides is 1. The first-order valence-corrected chi connectivity index (χ1v) is 8.67. The first-order chi connectivity index (χ1) is 12.0. The minimum absolute atomic E-state index is 0.0514. The molecule has 0 unspecified atom stereocenters. The lowest BCUT2D eigenvalue weighted by molar-refractivity contribution is -0.152. The molecule has 9 nitrogen and oxygen atoms in total. The van der Waals surface area contributed by atoms with Gasteiger partial charge in [0.25, 0.3) is 0 Å². The highest BCUT2D eigenvalue weighted by Gasteiger charge is 2.36. The molecule has 0 saturated carbocycles. The summed E-state index contributed by atoms with van der Waals surface area (Å²) in [5.41, 5.74) is 10.5. The third-order valence-corrected chi connectivity index (χ3v) is 4.23. The number of hydrogen-bond donors (Lipinski definition) is 2. The Morgan fingerprint density at radius 2 is 1.69 bits per heavy atom.